The van der Waals surface area contributed by atoms with E-state index in [4.69, 9.17) is 4.74 Å². The average Bonchev–Trinajstić information content (AvgIpc) is 2.80. The van der Waals surface area contributed by atoms with Crippen molar-refractivity contribution in [1.82, 2.24) is 4.90 Å². The van der Waals surface area contributed by atoms with Crippen LogP contribution in [0.1, 0.15) is 26.7 Å². The maximum atomic E-state index is 12.4. The standard InChI is InChI=1S/C13H19NO4/c1-12(2)8-9(12)11(17)14(10(8)16)13(7-15)3-5-18-6-4-13/h8-9,15H,3-7H2,1-2H3. The van der Waals surface area contributed by atoms with Crippen molar-refractivity contribution in [3.8, 4) is 0 Å². The predicted octanol–water partition coefficient (Wildman–Crippen LogP) is 0.169. The molecule has 0 aromatic heterocycles. The Morgan fingerprint density at radius 1 is 1.22 bits per heavy atom. The van der Waals surface area contributed by atoms with Crippen LogP contribution in [0.5, 0.6) is 0 Å². The summed E-state index contributed by atoms with van der Waals surface area (Å²) in [5.41, 5.74) is -0.900. The van der Waals surface area contributed by atoms with Gasteiger partial charge in [-0.15, -0.1) is 0 Å². The van der Waals surface area contributed by atoms with E-state index in [0.717, 1.165) is 0 Å². The molecule has 2 amide bonds. The summed E-state index contributed by atoms with van der Waals surface area (Å²) in [7, 11) is 0. The molecule has 0 radical (unpaired) electrons. The molecular weight excluding hydrogens is 234 g/mol. The molecule has 0 aromatic rings. The first kappa shape index (κ1) is 12.1. The maximum Gasteiger partial charge on any atom is 0.234 e. The summed E-state index contributed by atoms with van der Waals surface area (Å²) in [5.74, 6) is -0.524. The molecule has 1 aliphatic carbocycles. The number of ether oxygens (including phenoxy) is 1. The van der Waals surface area contributed by atoms with E-state index in [1.807, 2.05) is 13.8 Å². The lowest BCUT2D eigenvalue weighted by Gasteiger charge is -2.43. The van der Waals surface area contributed by atoms with Gasteiger partial charge in [0.2, 0.25) is 11.8 Å². The quantitative estimate of drug-likeness (QED) is 0.712. The molecule has 2 unspecified atom stereocenters. The second-order valence-corrected chi connectivity index (χ2v) is 6.28. The van der Waals surface area contributed by atoms with Crippen LogP contribution in [-0.2, 0) is 14.3 Å². The minimum atomic E-state index is -0.712. The van der Waals surface area contributed by atoms with Gasteiger partial charge in [-0.05, 0) is 18.3 Å². The van der Waals surface area contributed by atoms with Crippen LogP contribution >= 0.6 is 0 Å². The third-order valence-corrected chi connectivity index (χ3v) is 4.99. The highest BCUT2D eigenvalue weighted by Crippen LogP contribution is 2.64. The van der Waals surface area contributed by atoms with Gasteiger partial charge in [0.15, 0.2) is 0 Å². The molecule has 0 spiro atoms. The molecule has 2 atom stereocenters. The van der Waals surface area contributed by atoms with Gasteiger partial charge in [0, 0.05) is 13.2 Å². The molecule has 18 heavy (non-hydrogen) atoms. The van der Waals surface area contributed by atoms with Crippen LogP contribution in [0.2, 0.25) is 0 Å². The van der Waals surface area contributed by atoms with Gasteiger partial charge in [-0.25, -0.2) is 0 Å². The van der Waals surface area contributed by atoms with Gasteiger partial charge in [-0.2, -0.15) is 0 Å². The average molecular weight is 253 g/mol. The van der Waals surface area contributed by atoms with Crippen LogP contribution in [0.15, 0.2) is 0 Å². The summed E-state index contributed by atoms with van der Waals surface area (Å²) in [6, 6.07) is 0. The van der Waals surface area contributed by atoms with E-state index in [1.165, 1.54) is 4.90 Å². The Labute approximate surface area is 106 Å². The van der Waals surface area contributed by atoms with Crippen LogP contribution in [-0.4, -0.2) is 47.2 Å². The van der Waals surface area contributed by atoms with E-state index in [1.54, 1.807) is 0 Å². The van der Waals surface area contributed by atoms with Crippen LogP contribution < -0.4 is 0 Å². The molecule has 2 aliphatic heterocycles. The zero-order chi connectivity index (χ0) is 13.1. The zero-order valence-corrected chi connectivity index (χ0v) is 10.8. The minimum Gasteiger partial charge on any atom is -0.394 e. The van der Waals surface area contributed by atoms with Gasteiger partial charge in [0.25, 0.3) is 0 Å². The molecular formula is C13H19NO4. The Balaban J connectivity index is 1.90. The van der Waals surface area contributed by atoms with Crippen molar-refractivity contribution in [2.24, 2.45) is 17.3 Å². The highest BCUT2D eigenvalue weighted by molar-refractivity contribution is 6.11. The predicted molar refractivity (Wildman–Crippen MR) is 62.5 cm³/mol. The number of rotatable bonds is 2. The Morgan fingerprint density at radius 2 is 1.72 bits per heavy atom. The SMILES string of the molecule is CC1(C)C2C(=O)N(C3(CO)CCOCC3)C(=O)C21. The van der Waals surface area contributed by atoms with Gasteiger partial charge in [-0.1, -0.05) is 13.8 Å². The van der Waals surface area contributed by atoms with E-state index < -0.39 is 5.54 Å². The third kappa shape index (κ3) is 1.29. The summed E-state index contributed by atoms with van der Waals surface area (Å²) in [6.45, 7) is 4.76. The number of aliphatic hydroxyl groups is 1. The van der Waals surface area contributed by atoms with Gasteiger partial charge < -0.3 is 9.84 Å². The smallest absolute Gasteiger partial charge is 0.234 e. The highest BCUT2D eigenvalue weighted by Gasteiger charge is 2.74. The topological polar surface area (TPSA) is 66.8 Å². The fourth-order valence-corrected chi connectivity index (χ4v) is 3.62. The largest absolute Gasteiger partial charge is 0.394 e. The van der Waals surface area contributed by atoms with Crippen LogP contribution in [0.3, 0.4) is 0 Å². The van der Waals surface area contributed by atoms with E-state index in [0.29, 0.717) is 26.1 Å². The Morgan fingerprint density at radius 3 is 2.17 bits per heavy atom. The summed E-state index contributed by atoms with van der Waals surface area (Å²) in [4.78, 5) is 26.1. The Bertz CT molecular complexity index is 387. The zero-order valence-electron chi connectivity index (χ0n) is 10.8. The van der Waals surface area contributed by atoms with Gasteiger partial charge in [0.1, 0.15) is 0 Å². The summed E-state index contributed by atoms with van der Waals surface area (Å²) >= 11 is 0. The van der Waals surface area contributed by atoms with Gasteiger partial charge in [0.05, 0.1) is 24.0 Å². The molecule has 0 bridgehead atoms. The first-order chi connectivity index (χ1) is 8.46. The molecule has 3 fully saturated rings. The van der Waals surface area contributed by atoms with E-state index in [9.17, 15) is 14.7 Å². The van der Waals surface area contributed by atoms with Crippen molar-refractivity contribution >= 4 is 11.8 Å². The van der Waals surface area contributed by atoms with E-state index in [2.05, 4.69) is 0 Å². The molecule has 3 aliphatic rings. The number of hydrogen-bond acceptors (Lipinski definition) is 4. The molecule has 1 saturated carbocycles. The number of nitrogens with zero attached hydrogens (tertiary/aromatic N) is 1. The lowest BCUT2D eigenvalue weighted by atomic mass is 9.87. The monoisotopic (exact) mass is 253 g/mol. The molecule has 2 saturated heterocycles. The van der Waals surface area contributed by atoms with Crippen molar-refractivity contribution in [2.45, 2.75) is 32.2 Å². The van der Waals surface area contributed by atoms with E-state index >= 15 is 0 Å². The molecule has 3 rings (SSSR count). The first-order valence-electron chi connectivity index (χ1n) is 6.52. The number of amides is 2. The van der Waals surface area contributed by atoms with Crippen molar-refractivity contribution < 1.29 is 19.4 Å². The number of aliphatic hydroxyl groups excluding tert-OH is 1. The Kier molecular flexibility index (Phi) is 2.38. The maximum absolute atomic E-state index is 12.4. The van der Waals surface area contributed by atoms with Crippen molar-refractivity contribution in [3.05, 3.63) is 0 Å². The summed E-state index contributed by atoms with van der Waals surface area (Å²) in [5, 5.41) is 9.67. The van der Waals surface area contributed by atoms with Crippen molar-refractivity contribution in [3.63, 3.8) is 0 Å². The van der Waals surface area contributed by atoms with Gasteiger partial charge in [-0.3, -0.25) is 14.5 Å². The van der Waals surface area contributed by atoms with Crippen LogP contribution in [0.25, 0.3) is 0 Å². The fraction of sp³-hybridized carbons (Fsp3) is 0.846. The summed E-state index contributed by atoms with van der Waals surface area (Å²) in [6.07, 6.45) is 1.09. The number of piperidine rings is 1. The first-order valence-corrected chi connectivity index (χ1v) is 6.52. The molecule has 5 heteroatoms. The Hall–Kier alpha value is -0.940. The number of carbonyl (C=O) groups excluding carboxylic acids is 2. The van der Waals surface area contributed by atoms with Crippen LogP contribution in [0.4, 0.5) is 0 Å². The molecule has 5 nitrogen and oxygen atoms in total. The second kappa shape index (κ2) is 3.54. The lowest BCUT2D eigenvalue weighted by molar-refractivity contribution is -0.158. The van der Waals surface area contributed by atoms with Gasteiger partial charge >= 0.3 is 0 Å². The van der Waals surface area contributed by atoms with E-state index in [-0.39, 0.29) is 35.7 Å². The molecule has 100 valence electrons. The number of imide groups is 1. The number of hydrogen-bond donors (Lipinski definition) is 1. The van der Waals surface area contributed by atoms with Crippen molar-refractivity contribution in [2.75, 3.05) is 19.8 Å². The number of carbonyl (C=O) groups is 2. The lowest BCUT2D eigenvalue weighted by Crippen LogP contribution is -2.58. The number of likely N-dealkylation sites (tertiary alicyclic amines) is 1. The fourth-order valence-electron chi connectivity index (χ4n) is 3.62. The molecule has 2 heterocycles. The van der Waals surface area contributed by atoms with Crippen LogP contribution in [0, 0.1) is 17.3 Å². The third-order valence-electron chi connectivity index (χ3n) is 4.99. The molecule has 0 aromatic carbocycles. The summed E-state index contributed by atoms with van der Waals surface area (Å²) < 4.78 is 5.28. The second-order valence-electron chi connectivity index (χ2n) is 6.28. The normalized spacial score (nSPS) is 36.7. The number of fused-ring (bicyclic) bond motifs is 1. The van der Waals surface area contributed by atoms with Crippen molar-refractivity contribution in [1.29, 1.82) is 0 Å². The highest BCUT2D eigenvalue weighted by atomic mass is 16.5. The molecule has 1 N–H and O–H groups in total. The minimum absolute atomic E-state index is 0.0917.